The summed E-state index contributed by atoms with van der Waals surface area (Å²) >= 11 is 5.06. The molecule has 0 radical (unpaired) electrons. The Labute approximate surface area is 207 Å². The number of amides is 1. The number of carbonyl (C=O) groups excluding carboxylic acids is 1. The van der Waals surface area contributed by atoms with Crippen molar-refractivity contribution in [2.75, 3.05) is 13.1 Å². The molecule has 33 heavy (non-hydrogen) atoms. The molecule has 3 aromatic rings. The number of hydrogen-bond acceptors (Lipinski definition) is 3. The molecule has 0 atom stereocenters. The summed E-state index contributed by atoms with van der Waals surface area (Å²) in [5.74, 6) is 0.809. The van der Waals surface area contributed by atoms with Crippen LogP contribution in [0.1, 0.15) is 35.4 Å². The molecule has 1 amide bonds. The summed E-state index contributed by atoms with van der Waals surface area (Å²) < 4.78 is 0.980. The molecular weight excluding hydrogens is 492 g/mol. The Morgan fingerprint density at radius 1 is 0.879 bits per heavy atom. The lowest BCUT2D eigenvalue weighted by Gasteiger charge is -2.37. The van der Waals surface area contributed by atoms with Crippen LogP contribution in [0.25, 0.3) is 6.08 Å². The fourth-order valence-corrected chi connectivity index (χ4v) is 6.10. The fraction of sp³-hybridized carbons (Fsp3) is 0.214. The molecule has 0 spiro atoms. The third-order valence-electron chi connectivity index (χ3n) is 6.40. The normalized spacial score (nSPS) is 18.2. The van der Waals surface area contributed by atoms with Crippen molar-refractivity contribution in [1.29, 1.82) is 0 Å². The van der Waals surface area contributed by atoms with Crippen LogP contribution in [-0.4, -0.2) is 29.1 Å². The van der Waals surface area contributed by atoms with Crippen molar-refractivity contribution in [3.63, 3.8) is 0 Å². The minimum absolute atomic E-state index is 0.140. The number of rotatable bonds is 4. The van der Waals surface area contributed by atoms with E-state index in [9.17, 15) is 4.79 Å². The minimum atomic E-state index is -0.140. The average molecular weight is 517 g/mol. The molecular formula is C28H25BrN2OS. The van der Waals surface area contributed by atoms with Gasteiger partial charge in [0.25, 0.3) is 5.91 Å². The van der Waals surface area contributed by atoms with E-state index in [0.717, 1.165) is 41.1 Å². The maximum atomic E-state index is 12.6. The monoisotopic (exact) mass is 516 g/mol. The van der Waals surface area contributed by atoms with Gasteiger partial charge in [-0.2, -0.15) is 4.99 Å². The third kappa shape index (κ3) is 4.99. The standard InChI is InChI=1S/C28H25BrN2OS/c29-24-14-8-7-13-23(24)19-25-27(32)30-28(33-25)31-17-15-22(16-18-31)26(20-9-3-1-4-10-20)21-11-5-2-6-12-21/h1-14,19,22,26H,15-18H2. The van der Waals surface area contributed by atoms with E-state index < -0.39 is 0 Å². The molecule has 1 fully saturated rings. The quantitative estimate of drug-likeness (QED) is 0.351. The van der Waals surface area contributed by atoms with E-state index >= 15 is 0 Å². The highest BCUT2D eigenvalue weighted by Crippen LogP contribution is 2.39. The molecule has 3 nitrogen and oxygen atoms in total. The number of thioether (sulfide) groups is 1. The second kappa shape index (κ2) is 10.1. The van der Waals surface area contributed by atoms with Crippen molar-refractivity contribution in [2.45, 2.75) is 18.8 Å². The van der Waals surface area contributed by atoms with Gasteiger partial charge in [-0.15, -0.1) is 0 Å². The molecule has 2 aliphatic rings. The van der Waals surface area contributed by atoms with E-state index in [2.05, 4.69) is 86.5 Å². The Bertz CT molecular complexity index is 1150. The van der Waals surface area contributed by atoms with Crippen LogP contribution in [0.4, 0.5) is 0 Å². The number of likely N-dealkylation sites (tertiary alicyclic amines) is 1. The second-order valence-electron chi connectivity index (χ2n) is 8.46. The zero-order valence-electron chi connectivity index (χ0n) is 18.2. The molecule has 0 unspecified atom stereocenters. The van der Waals surface area contributed by atoms with Gasteiger partial charge in [0.15, 0.2) is 5.17 Å². The minimum Gasteiger partial charge on any atom is -0.351 e. The highest BCUT2D eigenvalue weighted by Gasteiger charge is 2.32. The lowest BCUT2D eigenvalue weighted by atomic mass is 9.76. The second-order valence-corrected chi connectivity index (χ2v) is 10.3. The van der Waals surface area contributed by atoms with Crippen molar-refractivity contribution in [1.82, 2.24) is 4.90 Å². The number of carbonyl (C=O) groups is 1. The molecule has 0 N–H and O–H groups in total. The van der Waals surface area contributed by atoms with Gasteiger partial charge in [0, 0.05) is 23.5 Å². The molecule has 3 aromatic carbocycles. The summed E-state index contributed by atoms with van der Waals surface area (Å²) in [6, 6.07) is 29.6. The molecule has 0 aromatic heterocycles. The largest absolute Gasteiger partial charge is 0.351 e. The zero-order chi connectivity index (χ0) is 22.6. The predicted octanol–water partition coefficient (Wildman–Crippen LogP) is 6.96. The van der Waals surface area contributed by atoms with Crippen LogP contribution in [0.3, 0.4) is 0 Å². The highest BCUT2D eigenvalue weighted by molar-refractivity contribution is 9.10. The van der Waals surface area contributed by atoms with E-state index in [-0.39, 0.29) is 5.91 Å². The summed E-state index contributed by atoms with van der Waals surface area (Å²) in [5, 5.41) is 0.840. The summed E-state index contributed by atoms with van der Waals surface area (Å²) in [4.78, 5) is 19.9. The van der Waals surface area contributed by atoms with Crippen LogP contribution >= 0.6 is 27.7 Å². The first-order valence-electron chi connectivity index (χ1n) is 11.3. The van der Waals surface area contributed by atoms with Gasteiger partial charge in [0.1, 0.15) is 0 Å². The smallest absolute Gasteiger partial charge is 0.286 e. The predicted molar refractivity (Wildman–Crippen MR) is 141 cm³/mol. The highest BCUT2D eigenvalue weighted by atomic mass is 79.9. The van der Waals surface area contributed by atoms with Crippen molar-refractivity contribution in [2.24, 2.45) is 10.9 Å². The van der Waals surface area contributed by atoms with Gasteiger partial charge < -0.3 is 4.90 Å². The lowest BCUT2D eigenvalue weighted by Crippen LogP contribution is -2.38. The van der Waals surface area contributed by atoms with E-state index in [4.69, 9.17) is 0 Å². The van der Waals surface area contributed by atoms with Crippen molar-refractivity contribution in [3.8, 4) is 0 Å². The molecule has 5 heteroatoms. The number of benzene rings is 3. The van der Waals surface area contributed by atoms with E-state index in [0.29, 0.717) is 16.7 Å². The van der Waals surface area contributed by atoms with Crippen LogP contribution in [0.15, 0.2) is 99.3 Å². The van der Waals surface area contributed by atoms with Gasteiger partial charge in [-0.25, -0.2) is 0 Å². The first kappa shape index (κ1) is 22.2. The van der Waals surface area contributed by atoms with Crippen LogP contribution in [0.5, 0.6) is 0 Å². The van der Waals surface area contributed by atoms with E-state index in [1.54, 1.807) is 0 Å². The first-order chi connectivity index (χ1) is 16.2. The molecule has 1 saturated heterocycles. The summed E-state index contributed by atoms with van der Waals surface area (Å²) in [7, 11) is 0. The van der Waals surface area contributed by atoms with Crippen molar-refractivity contribution in [3.05, 3.63) is 111 Å². The molecule has 0 bridgehead atoms. The van der Waals surface area contributed by atoms with Crippen LogP contribution in [0, 0.1) is 5.92 Å². The molecule has 0 aliphatic carbocycles. The average Bonchev–Trinajstić information content (AvgIpc) is 3.23. The zero-order valence-corrected chi connectivity index (χ0v) is 20.6. The SMILES string of the molecule is O=C1N=C(N2CCC(C(c3ccccc3)c3ccccc3)CC2)SC1=Cc1ccccc1Br. The maximum absolute atomic E-state index is 12.6. The molecule has 5 rings (SSSR count). The lowest BCUT2D eigenvalue weighted by molar-refractivity contribution is -0.113. The Hall–Kier alpha value is -2.63. The Kier molecular flexibility index (Phi) is 6.79. The number of halogens is 1. The number of aliphatic imine (C=N–C) groups is 1. The number of hydrogen-bond donors (Lipinski definition) is 0. The third-order valence-corrected chi connectivity index (χ3v) is 8.17. The topological polar surface area (TPSA) is 32.7 Å². The van der Waals surface area contributed by atoms with Gasteiger partial charge in [-0.05, 0) is 59.4 Å². The first-order valence-corrected chi connectivity index (χ1v) is 12.9. The van der Waals surface area contributed by atoms with E-state index in [1.807, 2.05) is 30.3 Å². The van der Waals surface area contributed by atoms with Gasteiger partial charge in [0.05, 0.1) is 4.91 Å². The maximum Gasteiger partial charge on any atom is 0.286 e. The number of amidine groups is 1. The van der Waals surface area contributed by atoms with Crippen LogP contribution in [-0.2, 0) is 4.79 Å². The molecule has 166 valence electrons. The summed E-state index contributed by atoms with van der Waals surface area (Å²) in [6.07, 6.45) is 4.08. The van der Waals surface area contributed by atoms with Gasteiger partial charge in [-0.3, -0.25) is 4.79 Å². The fourth-order valence-electron chi connectivity index (χ4n) is 4.75. The Balaban J connectivity index is 1.29. The van der Waals surface area contributed by atoms with Crippen LogP contribution in [0.2, 0.25) is 0 Å². The number of piperidine rings is 1. The molecule has 2 aliphatic heterocycles. The van der Waals surface area contributed by atoms with E-state index in [1.165, 1.54) is 22.9 Å². The van der Waals surface area contributed by atoms with Gasteiger partial charge >= 0.3 is 0 Å². The Morgan fingerprint density at radius 2 is 1.45 bits per heavy atom. The van der Waals surface area contributed by atoms with Crippen LogP contribution < -0.4 is 0 Å². The van der Waals surface area contributed by atoms with Crippen molar-refractivity contribution >= 4 is 44.8 Å². The van der Waals surface area contributed by atoms with Gasteiger partial charge in [-0.1, -0.05) is 94.8 Å². The molecule has 0 saturated carbocycles. The van der Waals surface area contributed by atoms with Crippen molar-refractivity contribution < 1.29 is 4.79 Å². The van der Waals surface area contributed by atoms with Gasteiger partial charge in [0.2, 0.25) is 0 Å². The summed E-state index contributed by atoms with van der Waals surface area (Å²) in [5.41, 5.74) is 3.75. The Morgan fingerprint density at radius 3 is 2.06 bits per heavy atom. The number of nitrogens with zero attached hydrogens (tertiary/aromatic N) is 2. The summed E-state index contributed by atoms with van der Waals surface area (Å²) in [6.45, 7) is 1.84. The molecule has 2 heterocycles.